The summed E-state index contributed by atoms with van der Waals surface area (Å²) < 4.78 is 0. The van der Waals surface area contributed by atoms with Crippen LogP contribution < -0.4 is 4.90 Å². The van der Waals surface area contributed by atoms with Crippen LogP contribution in [0.3, 0.4) is 0 Å². The smallest absolute Gasteiger partial charge is 0.269 e. The first-order valence-electron chi connectivity index (χ1n) is 10.5. The zero-order valence-corrected chi connectivity index (χ0v) is 18.9. The van der Waals surface area contributed by atoms with Crippen LogP contribution in [0.4, 0.5) is 11.4 Å². The van der Waals surface area contributed by atoms with Crippen molar-refractivity contribution in [2.24, 2.45) is 4.99 Å². The summed E-state index contributed by atoms with van der Waals surface area (Å²) in [7, 11) is 2.05. The number of benzene rings is 2. The molecule has 0 atom stereocenters. The van der Waals surface area contributed by atoms with Gasteiger partial charge in [0.1, 0.15) is 4.91 Å². The Labute approximate surface area is 186 Å². The molecule has 1 aliphatic carbocycles. The van der Waals surface area contributed by atoms with Gasteiger partial charge in [-0.2, -0.15) is 0 Å². The molecule has 0 radical (unpaired) electrons. The fraction of sp³-hybridized carbons (Fsp3) is 0.333. The summed E-state index contributed by atoms with van der Waals surface area (Å²) in [5.41, 5.74) is 3.27. The van der Waals surface area contributed by atoms with Crippen molar-refractivity contribution in [1.29, 1.82) is 0 Å². The summed E-state index contributed by atoms with van der Waals surface area (Å²) in [5.74, 6) is 0.111. The van der Waals surface area contributed by atoms with Gasteiger partial charge >= 0.3 is 0 Å². The van der Waals surface area contributed by atoms with Gasteiger partial charge in [0.15, 0.2) is 5.17 Å². The van der Waals surface area contributed by atoms with Crippen LogP contribution in [0.2, 0.25) is 0 Å². The van der Waals surface area contributed by atoms with E-state index >= 15 is 0 Å². The number of para-hydroxylation sites is 1. The number of carbonyl (C=O) groups excluding carboxylic acids is 1. The molecule has 0 bridgehead atoms. The molecular formula is C24H25N3OS2. The van der Waals surface area contributed by atoms with Crippen molar-refractivity contribution >= 4 is 46.0 Å². The molecule has 30 heavy (non-hydrogen) atoms. The van der Waals surface area contributed by atoms with Gasteiger partial charge in [-0.15, -0.1) is 0 Å². The number of rotatable bonds is 2. The second kappa shape index (κ2) is 8.16. The van der Waals surface area contributed by atoms with Gasteiger partial charge in [-0.3, -0.25) is 9.69 Å². The highest BCUT2D eigenvalue weighted by Crippen LogP contribution is 2.50. The molecule has 3 aliphatic rings. The van der Waals surface area contributed by atoms with E-state index in [0.717, 1.165) is 39.3 Å². The predicted octanol–water partition coefficient (Wildman–Crippen LogP) is 6.30. The third kappa shape index (κ3) is 3.56. The summed E-state index contributed by atoms with van der Waals surface area (Å²) in [5, 5.41) is 1.84. The molecule has 0 aromatic heterocycles. The standard InChI is InChI=1S/C24H25N3OS2/c1-16-12-14-17(15-13-16)25-24-27(18-8-4-3-5-9-18)22(28)21(30-24)23-26(2)19-10-6-7-11-20(19)29-23/h6-7,10-15,18H,3-5,8-9H2,1-2H3/b23-21-,25-24?. The Morgan fingerprint density at radius 1 is 0.967 bits per heavy atom. The van der Waals surface area contributed by atoms with Crippen LogP contribution in [0.5, 0.6) is 0 Å². The first-order chi connectivity index (χ1) is 14.6. The van der Waals surface area contributed by atoms with Gasteiger partial charge in [-0.1, -0.05) is 60.9 Å². The fourth-order valence-corrected chi connectivity index (χ4v) is 6.69. The summed E-state index contributed by atoms with van der Waals surface area (Å²) in [6.45, 7) is 2.08. The van der Waals surface area contributed by atoms with Crippen molar-refractivity contribution in [2.45, 2.75) is 50.0 Å². The second-order valence-corrected chi connectivity index (χ2v) is 10.1. The van der Waals surface area contributed by atoms with E-state index in [4.69, 9.17) is 4.99 Å². The number of hydrogen-bond donors (Lipinski definition) is 0. The van der Waals surface area contributed by atoms with Gasteiger partial charge < -0.3 is 4.90 Å². The third-order valence-electron chi connectivity index (χ3n) is 5.94. The molecule has 2 heterocycles. The minimum Gasteiger partial charge on any atom is -0.337 e. The number of carbonyl (C=O) groups is 1. The molecule has 4 nitrogen and oxygen atoms in total. The van der Waals surface area contributed by atoms with Crippen molar-refractivity contribution in [3.8, 4) is 0 Å². The van der Waals surface area contributed by atoms with Crippen LogP contribution in [-0.4, -0.2) is 29.1 Å². The SMILES string of the molecule is Cc1ccc(N=C2S/C(=C3\Sc4ccccc4N3C)C(=O)N2C2CCCCC2)cc1. The molecule has 1 saturated heterocycles. The van der Waals surface area contributed by atoms with Gasteiger partial charge in [0.05, 0.1) is 16.4 Å². The molecule has 1 saturated carbocycles. The Balaban J connectivity index is 1.55. The lowest BCUT2D eigenvalue weighted by Crippen LogP contribution is -2.40. The van der Waals surface area contributed by atoms with Crippen molar-refractivity contribution in [3.63, 3.8) is 0 Å². The number of aliphatic imine (C=N–C) groups is 1. The minimum atomic E-state index is 0.111. The van der Waals surface area contributed by atoms with Crippen LogP contribution in [0.15, 0.2) is 68.4 Å². The van der Waals surface area contributed by atoms with Crippen LogP contribution >= 0.6 is 23.5 Å². The zero-order chi connectivity index (χ0) is 20.7. The molecule has 0 unspecified atom stereocenters. The topological polar surface area (TPSA) is 35.9 Å². The molecule has 2 aromatic rings. The van der Waals surface area contributed by atoms with E-state index in [2.05, 4.69) is 49.2 Å². The second-order valence-electron chi connectivity index (χ2n) is 8.06. The molecule has 154 valence electrons. The molecule has 0 spiro atoms. The van der Waals surface area contributed by atoms with Crippen molar-refractivity contribution in [2.75, 3.05) is 11.9 Å². The van der Waals surface area contributed by atoms with E-state index in [1.54, 1.807) is 11.8 Å². The number of aryl methyl sites for hydroxylation is 1. The maximum absolute atomic E-state index is 13.7. The van der Waals surface area contributed by atoms with Crippen molar-refractivity contribution in [1.82, 2.24) is 4.90 Å². The van der Waals surface area contributed by atoms with Gasteiger partial charge in [-0.25, -0.2) is 4.99 Å². The van der Waals surface area contributed by atoms with Gasteiger partial charge in [-0.05, 0) is 55.8 Å². The van der Waals surface area contributed by atoms with Gasteiger partial charge in [0.25, 0.3) is 5.91 Å². The fourth-order valence-electron chi connectivity index (χ4n) is 4.28. The van der Waals surface area contributed by atoms with E-state index in [0.29, 0.717) is 0 Å². The van der Waals surface area contributed by atoms with Gasteiger partial charge in [0, 0.05) is 18.0 Å². The summed E-state index contributed by atoms with van der Waals surface area (Å²) in [6, 6.07) is 16.8. The number of anilines is 1. The highest BCUT2D eigenvalue weighted by molar-refractivity contribution is 8.19. The van der Waals surface area contributed by atoms with Crippen LogP contribution in [-0.2, 0) is 4.79 Å². The third-order valence-corrected chi connectivity index (χ3v) is 8.35. The van der Waals surface area contributed by atoms with E-state index in [9.17, 15) is 4.79 Å². The van der Waals surface area contributed by atoms with Crippen LogP contribution in [0.25, 0.3) is 0 Å². The van der Waals surface area contributed by atoms with E-state index in [1.165, 1.54) is 41.5 Å². The molecule has 1 amide bonds. The molecule has 2 aliphatic heterocycles. The van der Waals surface area contributed by atoms with Crippen LogP contribution in [0, 0.1) is 6.92 Å². The minimum absolute atomic E-state index is 0.111. The highest BCUT2D eigenvalue weighted by Gasteiger charge is 2.42. The average Bonchev–Trinajstić information content (AvgIpc) is 3.27. The molecule has 2 fully saturated rings. The number of hydrogen-bond acceptors (Lipinski definition) is 5. The number of amides is 1. The van der Waals surface area contributed by atoms with E-state index in [1.807, 2.05) is 23.1 Å². The maximum Gasteiger partial charge on any atom is 0.269 e. The largest absolute Gasteiger partial charge is 0.337 e. The van der Waals surface area contributed by atoms with Gasteiger partial charge in [0.2, 0.25) is 0 Å². The Kier molecular flexibility index (Phi) is 5.37. The van der Waals surface area contributed by atoms with Crippen molar-refractivity contribution in [3.05, 3.63) is 64.0 Å². The lowest BCUT2D eigenvalue weighted by molar-refractivity contribution is -0.124. The molecule has 0 N–H and O–H groups in total. The Hall–Kier alpha value is -2.18. The molecular weight excluding hydrogens is 410 g/mol. The Morgan fingerprint density at radius 3 is 2.43 bits per heavy atom. The first kappa shape index (κ1) is 19.8. The molecule has 5 rings (SSSR count). The highest BCUT2D eigenvalue weighted by atomic mass is 32.2. The Morgan fingerprint density at radius 2 is 1.70 bits per heavy atom. The number of fused-ring (bicyclic) bond motifs is 1. The molecule has 2 aromatic carbocycles. The zero-order valence-electron chi connectivity index (χ0n) is 17.3. The normalized spacial score (nSPS) is 23.5. The summed E-state index contributed by atoms with van der Waals surface area (Å²) in [4.78, 5) is 24.7. The van der Waals surface area contributed by atoms with Crippen LogP contribution in [0.1, 0.15) is 37.7 Å². The first-order valence-corrected chi connectivity index (χ1v) is 12.2. The number of thioether (sulfide) groups is 2. The lowest BCUT2D eigenvalue weighted by Gasteiger charge is -2.30. The van der Waals surface area contributed by atoms with E-state index in [-0.39, 0.29) is 11.9 Å². The quantitative estimate of drug-likeness (QED) is 0.519. The lowest BCUT2D eigenvalue weighted by atomic mass is 9.94. The molecule has 6 heteroatoms. The Bertz CT molecular complexity index is 1040. The van der Waals surface area contributed by atoms with Crippen molar-refractivity contribution < 1.29 is 4.79 Å². The summed E-state index contributed by atoms with van der Waals surface area (Å²) >= 11 is 3.22. The maximum atomic E-state index is 13.7. The average molecular weight is 436 g/mol. The van der Waals surface area contributed by atoms with E-state index < -0.39 is 0 Å². The number of nitrogens with zero attached hydrogens (tertiary/aromatic N) is 3. The number of amidine groups is 1. The summed E-state index contributed by atoms with van der Waals surface area (Å²) in [6.07, 6.45) is 5.75. The monoisotopic (exact) mass is 435 g/mol. The predicted molar refractivity (Wildman–Crippen MR) is 127 cm³/mol.